The number of ether oxygens (including phenoxy) is 1. The molecular formula is C19H25N5O4. The van der Waals surface area contributed by atoms with Gasteiger partial charge in [0.25, 0.3) is 0 Å². The standard InChI is InChI=1S/C19H25N5O4/c1-11(2)23-19(12-6-4-3-5-7-12)16-17(20-9-22-19)24(10-21-16)18-15(27)14(26)13(8-25)28-18/h3-7,9-11,13-15,18,23,25-27H,8H2,1-2H3,(H,20,22)/t13-,14-,15-,18-,19+/m1/s1. The summed E-state index contributed by atoms with van der Waals surface area (Å²) in [6.45, 7) is 3.68. The van der Waals surface area contributed by atoms with E-state index in [-0.39, 0.29) is 12.6 Å². The Bertz CT molecular complexity index is 855. The van der Waals surface area contributed by atoms with Crippen molar-refractivity contribution in [3.63, 3.8) is 0 Å². The number of nitrogens with zero attached hydrogens (tertiary/aromatic N) is 3. The van der Waals surface area contributed by atoms with Gasteiger partial charge in [0.2, 0.25) is 0 Å². The fraction of sp³-hybridized carbons (Fsp3) is 0.474. The molecule has 9 heteroatoms. The van der Waals surface area contributed by atoms with E-state index in [0.29, 0.717) is 11.5 Å². The van der Waals surface area contributed by atoms with Crippen molar-refractivity contribution >= 4 is 12.2 Å². The van der Waals surface area contributed by atoms with Gasteiger partial charge in [0.05, 0.1) is 19.3 Å². The van der Waals surface area contributed by atoms with Crippen LogP contribution < -0.4 is 10.6 Å². The normalized spacial score (nSPS) is 31.8. The van der Waals surface area contributed by atoms with E-state index in [0.717, 1.165) is 5.56 Å². The van der Waals surface area contributed by atoms with Crippen molar-refractivity contribution < 1.29 is 20.1 Å². The predicted octanol–water partition coefficient (Wildman–Crippen LogP) is 0.147. The molecule has 0 bridgehead atoms. The van der Waals surface area contributed by atoms with Crippen LogP contribution in [0.1, 0.15) is 31.3 Å². The van der Waals surface area contributed by atoms with Gasteiger partial charge in [0.15, 0.2) is 11.9 Å². The van der Waals surface area contributed by atoms with Gasteiger partial charge in [-0.2, -0.15) is 0 Å². The summed E-state index contributed by atoms with van der Waals surface area (Å²) in [6, 6.07) is 9.90. The molecule has 5 N–H and O–H groups in total. The minimum atomic E-state index is -1.19. The van der Waals surface area contributed by atoms with Crippen LogP contribution in [0, 0.1) is 0 Å². The first-order valence-electron chi connectivity index (χ1n) is 9.31. The number of aliphatic hydroxyl groups is 3. The van der Waals surface area contributed by atoms with Crippen molar-refractivity contribution in [1.29, 1.82) is 0 Å². The highest BCUT2D eigenvalue weighted by molar-refractivity contribution is 5.80. The zero-order valence-corrected chi connectivity index (χ0v) is 15.7. The van der Waals surface area contributed by atoms with Crippen LogP contribution in [0.3, 0.4) is 0 Å². The number of hydrogen-bond acceptors (Lipinski definition) is 8. The SMILES string of the molecule is CC(C)N[C@]1(c2ccccc2)N=CNc2c1ncn2[C@@H]1O[C@H](CO)[C@@H](O)[C@H]1O. The molecule has 9 nitrogen and oxygen atoms in total. The molecule has 0 aliphatic carbocycles. The maximum atomic E-state index is 10.4. The highest BCUT2D eigenvalue weighted by Gasteiger charge is 2.47. The molecule has 0 spiro atoms. The number of aliphatic imine (C=N–C) groups is 1. The smallest absolute Gasteiger partial charge is 0.184 e. The summed E-state index contributed by atoms with van der Waals surface area (Å²) in [7, 11) is 0. The number of hydrogen-bond donors (Lipinski definition) is 5. The van der Waals surface area contributed by atoms with Gasteiger partial charge >= 0.3 is 0 Å². The quantitative estimate of drug-likeness (QED) is 0.495. The van der Waals surface area contributed by atoms with E-state index in [1.807, 2.05) is 44.2 Å². The third-order valence-electron chi connectivity index (χ3n) is 5.08. The molecule has 28 heavy (non-hydrogen) atoms. The van der Waals surface area contributed by atoms with Gasteiger partial charge in [-0.25, -0.2) is 9.98 Å². The Morgan fingerprint density at radius 2 is 2.00 bits per heavy atom. The molecule has 3 heterocycles. The van der Waals surface area contributed by atoms with E-state index in [1.54, 1.807) is 17.2 Å². The fourth-order valence-electron chi connectivity index (χ4n) is 3.82. The van der Waals surface area contributed by atoms with Gasteiger partial charge in [-0.1, -0.05) is 30.3 Å². The number of nitrogens with one attached hydrogen (secondary N) is 2. The van der Waals surface area contributed by atoms with Crippen molar-refractivity contribution in [3.8, 4) is 0 Å². The molecule has 4 rings (SSSR count). The van der Waals surface area contributed by atoms with E-state index in [9.17, 15) is 15.3 Å². The van der Waals surface area contributed by atoms with E-state index < -0.39 is 30.2 Å². The van der Waals surface area contributed by atoms with E-state index in [1.165, 1.54) is 0 Å². The number of fused-ring (bicyclic) bond motifs is 1. The Labute approximate surface area is 162 Å². The lowest BCUT2D eigenvalue weighted by molar-refractivity contribution is -0.0518. The monoisotopic (exact) mass is 387 g/mol. The molecule has 150 valence electrons. The summed E-state index contributed by atoms with van der Waals surface area (Å²) >= 11 is 0. The zero-order valence-electron chi connectivity index (χ0n) is 15.7. The summed E-state index contributed by atoms with van der Waals surface area (Å²) in [6.07, 6.45) is -0.979. The first kappa shape index (κ1) is 19.0. The van der Waals surface area contributed by atoms with E-state index in [2.05, 4.69) is 15.6 Å². The molecule has 0 saturated carbocycles. The number of anilines is 1. The second-order valence-corrected chi connectivity index (χ2v) is 7.36. The zero-order chi connectivity index (χ0) is 19.9. The molecule has 1 aromatic heterocycles. The van der Waals surface area contributed by atoms with Crippen molar-refractivity contribution in [2.75, 3.05) is 11.9 Å². The average molecular weight is 387 g/mol. The Kier molecular flexibility index (Phi) is 4.94. The van der Waals surface area contributed by atoms with Crippen LogP contribution in [0.2, 0.25) is 0 Å². The summed E-state index contributed by atoms with van der Waals surface area (Å²) in [5, 5.41) is 36.5. The van der Waals surface area contributed by atoms with E-state index >= 15 is 0 Å². The number of benzene rings is 1. The third-order valence-corrected chi connectivity index (χ3v) is 5.08. The summed E-state index contributed by atoms with van der Waals surface area (Å²) in [4.78, 5) is 9.29. The fourth-order valence-corrected chi connectivity index (χ4v) is 3.82. The lowest BCUT2D eigenvalue weighted by Crippen LogP contribution is -2.48. The van der Waals surface area contributed by atoms with Crippen molar-refractivity contribution in [2.45, 2.75) is 50.1 Å². The first-order valence-corrected chi connectivity index (χ1v) is 9.31. The molecule has 2 aliphatic heterocycles. The highest BCUT2D eigenvalue weighted by Crippen LogP contribution is 2.40. The van der Waals surface area contributed by atoms with Gasteiger partial charge in [-0.05, 0) is 13.8 Å². The van der Waals surface area contributed by atoms with Gasteiger partial charge in [-0.15, -0.1) is 0 Å². The van der Waals surface area contributed by atoms with Crippen LogP contribution in [0.25, 0.3) is 0 Å². The van der Waals surface area contributed by atoms with Crippen LogP contribution in [0.5, 0.6) is 0 Å². The largest absolute Gasteiger partial charge is 0.394 e. The van der Waals surface area contributed by atoms with Crippen LogP contribution in [-0.4, -0.2) is 62.2 Å². The van der Waals surface area contributed by atoms with Crippen LogP contribution in [-0.2, 0) is 10.4 Å². The average Bonchev–Trinajstić information content (AvgIpc) is 3.24. The van der Waals surface area contributed by atoms with E-state index in [4.69, 9.17) is 9.73 Å². The second-order valence-electron chi connectivity index (χ2n) is 7.36. The van der Waals surface area contributed by atoms with Crippen LogP contribution in [0.15, 0.2) is 41.7 Å². The Morgan fingerprint density at radius 3 is 2.64 bits per heavy atom. The maximum Gasteiger partial charge on any atom is 0.184 e. The Balaban J connectivity index is 1.80. The molecule has 1 saturated heterocycles. The number of aromatic nitrogens is 2. The van der Waals surface area contributed by atoms with Crippen LogP contribution >= 0.6 is 0 Å². The molecule has 1 aromatic carbocycles. The first-order chi connectivity index (χ1) is 13.5. The molecule has 2 aliphatic rings. The van der Waals surface area contributed by atoms with Gasteiger partial charge < -0.3 is 25.4 Å². The van der Waals surface area contributed by atoms with Crippen molar-refractivity contribution in [1.82, 2.24) is 14.9 Å². The minimum Gasteiger partial charge on any atom is -0.394 e. The van der Waals surface area contributed by atoms with Crippen LogP contribution in [0.4, 0.5) is 5.82 Å². The molecular weight excluding hydrogens is 362 g/mol. The molecule has 0 amide bonds. The van der Waals surface area contributed by atoms with Crippen molar-refractivity contribution in [2.24, 2.45) is 4.99 Å². The predicted molar refractivity (Wildman–Crippen MR) is 103 cm³/mol. The Hall–Kier alpha value is -2.30. The molecule has 5 atom stereocenters. The summed E-state index contributed by atoms with van der Waals surface area (Å²) < 4.78 is 7.30. The van der Waals surface area contributed by atoms with Gasteiger partial charge in [0, 0.05) is 11.6 Å². The molecule has 2 aromatic rings. The summed E-state index contributed by atoms with van der Waals surface area (Å²) in [5.74, 6) is 0.599. The highest BCUT2D eigenvalue weighted by atomic mass is 16.6. The molecule has 0 radical (unpaired) electrons. The van der Waals surface area contributed by atoms with Crippen molar-refractivity contribution in [3.05, 3.63) is 47.9 Å². The summed E-state index contributed by atoms with van der Waals surface area (Å²) in [5.41, 5.74) is 0.654. The molecule has 0 unspecified atom stereocenters. The number of aliphatic hydroxyl groups excluding tert-OH is 3. The van der Waals surface area contributed by atoms with Gasteiger partial charge in [-0.3, -0.25) is 9.88 Å². The maximum absolute atomic E-state index is 10.4. The lowest BCUT2D eigenvalue weighted by atomic mass is 9.94. The topological polar surface area (TPSA) is 124 Å². The lowest BCUT2D eigenvalue weighted by Gasteiger charge is -2.35. The third kappa shape index (κ3) is 2.92. The van der Waals surface area contributed by atoms with Gasteiger partial charge in [0.1, 0.15) is 29.8 Å². The number of imidazole rings is 1. The minimum absolute atomic E-state index is 0.113. The number of rotatable bonds is 5. The molecule has 1 fully saturated rings. The second kappa shape index (κ2) is 7.26. The Morgan fingerprint density at radius 1 is 1.25 bits per heavy atom.